The topological polar surface area (TPSA) is 91.8 Å². The number of alkyl halides is 3. The number of anilines is 1. The van der Waals surface area contributed by atoms with Gasteiger partial charge >= 0.3 is 18.2 Å². The maximum atomic E-state index is 12.8. The molecule has 0 saturated heterocycles. The van der Waals surface area contributed by atoms with Crippen molar-refractivity contribution >= 4 is 40.2 Å². The lowest BCUT2D eigenvalue weighted by Crippen LogP contribution is -2.46. The standard InChI is InChI=1S/C17H24F3N3O4S2/c1-11-2-4-12(5-3-11)23(6-7-27-10-17(18,19)20)16(26)22-15-21-8-14(29-15)28-9-13(24)25/h8,11-12H,2-7,9-10H2,1H3,(H,24,25)(H,21,22,26). The number of carbonyl (C=O) groups excluding carboxylic acids is 1. The smallest absolute Gasteiger partial charge is 0.411 e. The van der Waals surface area contributed by atoms with E-state index in [9.17, 15) is 22.8 Å². The largest absolute Gasteiger partial charge is 0.481 e. The highest BCUT2D eigenvalue weighted by atomic mass is 32.2. The number of thiazole rings is 1. The van der Waals surface area contributed by atoms with Gasteiger partial charge in [-0.05, 0) is 31.6 Å². The van der Waals surface area contributed by atoms with Crippen molar-refractivity contribution in [1.82, 2.24) is 9.88 Å². The molecule has 1 aliphatic rings. The second kappa shape index (κ2) is 11.0. The molecule has 0 spiro atoms. The van der Waals surface area contributed by atoms with Crippen LogP contribution in [-0.4, -0.2) is 64.7 Å². The Kier molecular flexibility index (Phi) is 9.03. The summed E-state index contributed by atoms with van der Waals surface area (Å²) in [5.74, 6) is -0.505. The van der Waals surface area contributed by atoms with Crippen molar-refractivity contribution in [3.63, 3.8) is 0 Å². The number of amides is 2. The van der Waals surface area contributed by atoms with E-state index in [0.29, 0.717) is 15.3 Å². The van der Waals surface area contributed by atoms with E-state index < -0.39 is 24.8 Å². The van der Waals surface area contributed by atoms with Crippen molar-refractivity contribution < 1.29 is 32.6 Å². The molecule has 164 valence electrons. The Hall–Kier alpha value is -1.53. The van der Waals surface area contributed by atoms with Crippen molar-refractivity contribution in [2.75, 3.05) is 30.8 Å². The van der Waals surface area contributed by atoms with Crippen molar-refractivity contribution in [1.29, 1.82) is 0 Å². The Morgan fingerprint density at radius 3 is 2.69 bits per heavy atom. The first-order valence-corrected chi connectivity index (χ1v) is 11.0. The molecule has 2 amide bonds. The van der Waals surface area contributed by atoms with Gasteiger partial charge in [0.25, 0.3) is 0 Å². The Morgan fingerprint density at radius 1 is 1.38 bits per heavy atom. The molecule has 1 heterocycles. The van der Waals surface area contributed by atoms with Crippen LogP contribution in [0.5, 0.6) is 0 Å². The third kappa shape index (κ3) is 8.79. The molecule has 0 atom stereocenters. The zero-order valence-corrected chi connectivity index (χ0v) is 17.5. The van der Waals surface area contributed by atoms with Crippen LogP contribution in [0.2, 0.25) is 0 Å². The number of rotatable bonds is 9. The van der Waals surface area contributed by atoms with Crippen LogP contribution in [0.25, 0.3) is 0 Å². The van der Waals surface area contributed by atoms with Gasteiger partial charge in [-0.2, -0.15) is 13.2 Å². The molecule has 2 N–H and O–H groups in total. The van der Waals surface area contributed by atoms with E-state index in [-0.39, 0.29) is 24.9 Å². The zero-order valence-electron chi connectivity index (χ0n) is 15.9. The Bertz CT molecular complexity index is 679. The van der Waals surface area contributed by atoms with Crippen molar-refractivity contribution in [2.45, 2.75) is 49.0 Å². The monoisotopic (exact) mass is 455 g/mol. The maximum absolute atomic E-state index is 12.8. The van der Waals surface area contributed by atoms with Crippen LogP contribution >= 0.6 is 23.1 Å². The lowest BCUT2D eigenvalue weighted by molar-refractivity contribution is -0.174. The Morgan fingerprint density at radius 2 is 2.07 bits per heavy atom. The molecule has 1 aliphatic carbocycles. The number of hydrogen-bond donors (Lipinski definition) is 2. The SMILES string of the molecule is CC1CCC(N(CCOCC(F)(F)F)C(=O)Nc2ncc(SCC(=O)O)s2)CC1. The number of nitrogens with one attached hydrogen (secondary N) is 1. The molecule has 12 heteroatoms. The molecule has 7 nitrogen and oxygen atoms in total. The normalized spacial score (nSPS) is 19.7. The highest BCUT2D eigenvalue weighted by molar-refractivity contribution is 8.01. The maximum Gasteiger partial charge on any atom is 0.411 e. The van der Waals surface area contributed by atoms with E-state index in [4.69, 9.17) is 5.11 Å². The van der Waals surface area contributed by atoms with Gasteiger partial charge in [0.15, 0.2) is 5.13 Å². The number of ether oxygens (including phenoxy) is 1. The number of urea groups is 1. The van der Waals surface area contributed by atoms with Gasteiger partial charge in [0.2, 0.25) is 0 Å². The van der Waals surface area contributed by atoms with Gasteiger partial charge in [-0.15, -0.1) is 11.8 Å². The fraction of sp³-hybridized carbons (Fsp3) is 0.706. The minimum absolute atomic E-state index is 0.0486. The molecule has 1 aromatic heterocycles. The van der Waals surface area contributed by atoms with E-state index >= 15 is 0 Å². The molecular formula is C17H24F3N3O4S2. The number of thioether (sulfide) groups is 1. The first kappa shape index (κ1) is 23.7. The lowest BCUT2D eigenvalue weighted by Gasteiger charge is -2.36. The third-order valence-electron chi connectivity index (χ3n) is 4.47. The van der Waals surface area contributed by atoms with Crippen LogP contribution < -0.4 is 5.32 Å². The minimum atomic E-state index is -4.40. The van der Waals surface area contributed by atoms with Crippen molar-refractivity contribution in [3.8, 4) is 0 Å². The minimum Gasteiger partial charge on any atom is -0.481 e. The molecule has 0 unspecified atom stereocenters. The van der Waals surface area contributed by atoms with Crippen LogP contribution in [0.1, 0.15) is 32.6 Å². The van der Waals surface area contributed by atoms with Gasteiger partial charge in [-0.3, -0.25) is 10.1 Å². The fourth-order valence-corrected chi connectivity index (χ4v) is 4.62. The molecule has 0 bridgehead atoms. The lowest BCUT2D eigenvalue weighted by atomic mass is 9.86. The van der Waals surface area contributed by atoms with Crippen LogP contribution in [0.15, 0.2) is 10.4 Å². The summed E-state index contributed by atoms with van der Waals surface area (Å²) in [6, 6.07) is -0.509. The summed E-state index contributed by atoms with van der Waals surface area (Å²) in [5, 5.41) is 11.7. The second-order valence-corrected chi connectivity index (χ2v) is 9.18. The molecule has 1 aromatic rings. The number of nitrogens with zero attached hydrogens (tertiary/aromatic N) is 2. The second-order valence-electron chi connectivity index (χ2n) is 6.87. The Labute approximate surface area is 175 Å². The molecule has 1 fully saturated rings. The number of carboxylic acid groups (broad SMARTS) is 1. The quantitative estimate of drug-likeness (QED) is 0.426. The highest BCUT2D eigenvalue weighted by Gasteiger charge is 2.30. The number of hydrogen-bond acceptors (Lipinski definition) is 6. The summed E-state index contributed by atoms with van der Waals surface area (Å²) >= 11 is 2.25. The average Bonchev–Trinajstić information content (AvgIpc) is 3.07. The zero-order chi connectivity index (χ0) is 21.4. The van der Waals surface area contributed by atoms with Gasteiger partial charge in [0.1, 0.15) is 6.61 Å². The number of carbonyl (C=O) groups is 2. The molecule has 1 saturated carbocycles. The molecule has 0 aliphatic heterocycles. The molecule has 2 rings (SSSR count). The van der Waals surface area contributed by atoms with E-state index in [1.165, 1.54) is 11.1 Å². The Balaban J connectivity index is 1.95. The number of carboxylic acids is 1. The van der Waals surface area contributed by atoms with Gasteiger partial charge in [-0.25, -0.2) is 9.78 Å². The number of aromatic nitrogens is 1. The van der Waals surface area contributed by atoms with Gasteiger partial charge in [0.05, 0.1) is 22.8 Å². The summed E-state index contributed by atoms with van der Waals surface area (Å²) < 4.78 is 42.2. The van der Waals surface area contributed by atoms with E-state index in [1.54, 1.807) is 0 Å². The first-order valence-electron chi connectivity index (χ1n) is 9.16. The van der Waals surface area contributed by atoms with E-state index in [0.717, 1.165) is 48.8 Å². The number of aliphatic carboxylic acids is 1. The van der Waals surface area contributed by atoms with Crippen molar-refractivity contribution in [2.24, 2.45) is 5.92 Å². The summed E-state index contributed by atoms with van der Waals surface area (Å²) in [5.41, 5.74) is 0. The molecule has 29 heavy (non-hydrogen) atoms. The summed E-state index contributed by atoms with van der Waals surface area (Å²) in [4.78, 5) is 29.0. The molecule has 0 radical (unpaired) electrons. The first-order chi connectivity index (χ1) is 13.6. The van der Waals surface area contributed by atoms with E-state index in [1.807, 2.05) is 0 Å². The summed E-state index contributed by atoms with van der Waals surface area (Å²) in [7, 11) is 0. The van der Waals surface area contributed by atoms with Crippen LogP contribution in [0.4, 0.5) is 23.1 Å². The average molecular weight is 456 g/mol. The van der Waals surface area contributed by atoms with Gasteiger partial charge < -0.3 is 14.7 Å². The summed E-state index contributed by atoms with van der Waals surface area (Å²) in [6.07, 6.45) is 0.540. The summed E-state index contributed by atoms with van der Waals surface area (Å²) in [6.45, 7) is 0.628. The predicted molar refractivity (Wildman–Crippen MR) is 104 cm³/mol. The van der Waals surface area contributed by atoms with Crippen LogP contribution in [0.3, 0.4) is 0 Å². The van der Waals surface area contributed by atoms with Crippen LogP contribution in [0, 0.1) is 5.92 Å². The van der Waals surface area contributed by atoms with E-state index in [2.05, 4.69) is 22.0 Å². The third-order valence-corrected chi connectivity index (χ3v) is 6.56. The highest BCUT2D eigenvalue weighted by Crippen LogP contribution is 2.30. The fourth-order valence-electron chi connectivity index (χ4n) is 3.03. The van der Waals surface area contributed by atoms with Crippen molar-refractivity contribution in [3.05, 3.63) is 6.20 Å². The molecule has 0 aromatic carbocycles. The predicted octanol–water partition coefficient (Wildman–Crippen LogP) is 4.31. The van der Waals surface area contributed by atoms with Gasteiger partial charge in [-0.1, -0.05) is 18.3 Å². The number of halogens is 3. The molecular weight excluding hydrogens is 431 g/mol. The van der Waals surface area contributed by atoms with Gasteiger partial charge in [0, 0.05) is 12.6 Å². The van der Waals surface area contributed by atoms with Crippen LogP contribution in [-0.2, 0) is 9.53 Å².